The second-order valence-electron chi connectivity index (χ2n) is 5.91. The Morgan fingerprint density at radius 3 is 2.21 bits per heavy atom. The van der Waals surface area contributed by atoms with Gasteiger partial charge in [-0.2, -0.15) is 0 Å². The molecule has 100 valence electrons. The highest BCUT2D eigenvalue weighted by Crippen LogP contribution is 2.27. The Balaban J connectivity index is 2.39. The molecule has 0 aromatic heterocycles. The molecule has 0 saturated carbocycles. The summed E-state index contributed by atoms with van der Waals surface area (Å²) in [6.45, 7) is 7.40. The van der Waals surface area contributed by atoms with Crippen LogP contribution in [-0.2, 0) is 12.0 Å². The topological polar surface area (TPSA) is 38.0 Å². The lowest BCUT2D eigenvalue weighted by Crippen LogP contribution is -2.20. The molecule has 0 atom stereocenters. The molecule has 0 saturated heterocycles. The standard InChI is InChI=1S/C17H22N2/c1-17(2,3)16-9-5-8-15(11-16)14-7-4-6-13(10-14)12-19-18/h4-11,19H,12,18H2,1-3H3. The fourth-order valence-corrected chi connectivity index (χ4v) is 2.14. The lowest BCUT2D eigenvalue weighted by molar-refractivity contribution is 0.590. The van der Waals surface area contributed by atoms with E-state index >= 15 is 0 Å². The molecule has 0 heterocycles. The van der Waals surface area contributed by atoms with E-state index in [1.807, 2.05) is 0 Å². The van der Waals surface area contributed by atoms with Gasteiger partial charge in [-0.1, -0.05) is 63.2 Å². The predicted octanol–water partition coefficient (Wildman–Crippen LogP) is 3.61. The maximum absolute atomic E-state index is 5.38. The van der Waals surface area contributed by atoms with Crippen LogP contribution in [0.2, 0.25) is 0 Å². The first-order valence-electron chi connectivity index (χ1n) is 6.64. The van der Waals surface area contributed by atoms with Gasteiger partial charge in [-0.05, 0) is 33.7 Å². The SMILES string of the molecule is CC(C)(C)c1cccc(-c2cccc(CNN)c2)c1. The molecule has 0 unspecified atom stereocenters. The molecule has 0 aliphatic heterocycles. The normalized spacial score (nSPS) is 11.6. The van der Waals surface area contributed by atoms with E-state index in [4.69, 9.17) is 5.84 Å². The summed E-state index contributed by atoms with van der Waals surface area (Å²) in [6, 6.07) is 17.2. The van der Waals surface area contributed by atoms with Gasteiger partial charge in [0.1, 0.15) is 0 Å². The average Bonchev–Trinajstić information content (AvgIpc) is 2.39. The van der Waals surface area contributed by atoms with E-state index in [1.165, 1.54) is 22.3 Å². The van der Waals surface area contributed by atoms with Crippen molar-refractivity contribution in [3.63, 3.8) is 0 Å². The van der Waals surface area contributed by atoms with Crippen LogP contribution in [0.4, 0.5) is 0 Å². The minimum atomic E-state index is 0.173. The van der Waals surface area contributed by atoms with E-state index in [9.17, 15) is 0 Å². The van der Waals surface area contributed by atoms with Gasteiger partial charge < -0.3 is 0 Å². The molecular weight excluding hydrogens is 232 g/mol. The molecule has 0 spiro atoms. The number of hydrogen-bond donors (Lipinski definition) is 2. The number of nitrogens with two attached hydrogens (primary N) is 1. The average molecular weight is 254 g/mol. The summed E-state index contributed by atoms with van der Waals surface area (Å²) in [5.74, 6) is 5.38. The lowest BCUT2D eigenvalue weighted by Gasteiger charge is -2.20. The van der Waals surface area contributed by atoms with Crippen LogP contribution in [0, 0.1) is 0 Å². The number of rotatable bonds is 3. The minimum absolute atomic E-state index is 0.173. The highest BCUT2D eigenvalue weighted by molar-refractivity contribution is 5.65. The third-order valence-corrected chi connectivity index (χ3v) is 3.30. The van der Waals surface area contributed by atoms with Crippen LogP contribution in [0.3, 0.4) is 0 Å². The minimum Gasteiger partial charge on any atom is -0.271 e. The Labute approximate surface area is 115 Å². The van der Waals surface area contributed by atoms with Gasteiger partial charge in [0, 0.05) is 6.54 Å². The summed E-state index contributed by atoms with van der Waals surface area (Å²) in [6.07, 6.45) is 0. The van der Waals surface area contributed by atoms with Gasteiger partial charge in [-0.3, -0.25) is 11.3 Å². The van der Waals surface area contributed by atoms with Crippen molar-refractivity contribution in [1.29, 1.82) is 0 Å². The van der Waals surface area contributed by atoms with Gasteiger partial charge in [0.2, 0.25) is 0 Å². The van der Waals surface area contributed by atoms with Crippen LogP contribution in [0.25, 0.3) is 11.1 Å². The Kier molecular flexibility index (Phi) is 4.03. The van der Waals surface area contributed by atoms with Crippen molar-refractivity contribution < 1.29 is 0 Å². The number of hydrazine groups is 1. The summed E-state index contributed by atoms with van der Waals surface area (Å²) in [7, 11) is 0. The highest BCUT2D eigenvalue weighted by Gasteiger charge is 2.13. The molecule has 2 rings (SSSR count). The maximum atomic E-state index is 5.38. The molecule has 0 bridgehead atoms. The van der Waals surface area contributed by atoms with Crippen LogP contribution in [0.5, 0.6) is 0 Å². The lowest BCUT2D eigenvalue weighted by atomic mass is 9.85. The Morgan fingerprint density at radius 2 is 1.58 bits per heavy atom. The van der Waals surface area contributed by atoms with Crippen molar-refractivity contribution in [2.45, 2.75) is 32.7 Å². The van der Waals surface area contributed by atoms with Crippen LogP contribution in [0.1, 0.15) is 31.9 Å². The van der Waals surface area contributed by atoms with Crippen molar-refractivity contribution >= 4 is 0 Å². The van der Waals surface area contributed by atoms with E-state index in [0.717, 1.165) is 0 Å². The molecular formula is C17H22N2. The largest absolute Gasteiger partial charge is 0.271 e. The first-order valence-corrected chi connectivity index (χ1v) is 6.64. The van der Waals surface area contributed by atoms with E-state index in [0.29, 0.717) is 6.54 Å². The summed E-state index contributed by atoms with van der Waals surface area (Å²) < 4.78 is 0. The summed E-state index contributed by atoms with van der Waals surface area (Å²) in [5.41, 5.74) is 7.91. The number of nitrogens with one attached hydrogen (secondary N) is 1. The predicted molar refractivity (Wildman–Crippen MR) is 81.6 cm³/mol. The van der Waals surface area contributed by atoms with Gasteiger partial charge in [0.25, 0.3) is 0 Å². The molecule has 0 radical (unpaired) electrons. The zero-order chi connectivity index (χ0) is 13.9. The molecule has 19 heavy (non-hydrogen) atoms. The number of hydrogen-bond acceptors (Lipinski definition) is 2. The third-order valence-electron chi connectivity index (χ3n) is 3.30. The number of benzene rings is 2. The fraction of sp³-hybridized carbons (Fsp3) is 0.294. The van der Waals surface area contributed by atoms with Crippen LogP contribution < -0.4 is 11.3 Å². The smallest absolute Gasteiger partial charge is 0.0348 e. The van der Waals surface area contributed by atoms with Crippen molar-refractivity contribution in [3.05, 3.63) is 59.7 Å². The van der Waals surface area contributed by atoms with E-state index < -0.39 is 0 Å². The molecule has 3 N–H and O–H groups in total. The fourth-order valence-electron chi connectivity index (χ4n) is 2.14. The summed E-state index contributed by atoms with van der Waals surface area (Å²) in [5, 5.41) is 0. The van der Waals surface area contributed by atoms with Crippen LogP contribution >= 0.6 is 0 Å². The molecule has 0 aliphatic carbocycles. The van der Waals surface area contributed by atoms with Crippen molar-refractivity contribution in [2.75, 3.05) is 0 Å². The molecule has 0 fully saturated rings. The summed E-state index contributed by atoms with van der Waals surface area (Å²) in [4.78, 5) is 0. The molecule has 2 aromatic rings. The van der Waals surface area contributed by atoms with Gasteiger partial charge in [-0.25, -0.2) is 0 Å². The second-order valence-corrected chi connectivity index (χ2v) is 5.91. The van der Waals surface area contributed by atoms with Crippen molar-refractivity contribution in [3.8, 4) is 11.1 Å². The Bertz CT molecular complexity index is 553. The van der Waals surface area contributed by atoms with Crippen LogP contribution in [0.15, 0.2) is 48.5 Å². The second kappa shape index (κ2) is 5.55. The Hall–Kier alpha value is -1.64. The summed E-state index contributed by atoms with van der Waals surface area (Å²) >= 11 is 0. The van der Waals surface area contributed by atoms with Gasteiger partial charge in [-0.15, -0.1) is 0 Å². The van der Waals surface area contributed by atoms with E-state index in [-0.39, 0.29) is 5.41 Å². The quantitative estimate of drug-likeness (QED) is 0.648. The molecule has 0 amide bonds. The highest BCUT2D eigenvalue weighted by atomic mass is 15.2. The first-order chi connectivity index (χ1) is 9.00. The third kappa shape index (κ3) is 3.43. The van der Waals surface area contributed by atoms with Gasteiger partial charge in [0.15, 0.2) is 0 Å². The van der Waals surface area contributed by atoms with E-state index in [1.54, 1.807) is 0 Å². The monoisotopic (exact) mass is 254 g/mol. The zero-order valence-electron chi connectivity index (χ0n) is 11.9. The molecule has 2 nitrogen and oxygen atoms in total. The maximum Gasteiger partial charge on any atom is 0.0348 e. The molecule has 2 heteroatoms. The Morgan fingerprint density at radius 1 is 0.947 bits per heavy atom. The van der Waals surface area contributed by atoms with Crippen LogP contribution in [-0.4, -0.2) is 0 Å². The zero-order valence-corrected chi connectivity index (χ0v) is 11.9. The van der Waals surface area contributed by atoms with Gasteiger partial charge >= 0.3 is 0 Å². The van der Waals surface area contributed by atoms with Crippen molar-refractivity contribution in [2.24, 2.45) is 5.84 Å². The molecule has 2 aromatic carbocycles. The van der Waals surface area contributed by atoms with Gasteiger partial charge in [0.05, 0.1) is 0 Å². The first kappa shape index (κ1) is 13.8. The molecule has 0 aliphatic rings. The van der Waals surface area contributed by atoms with E-state index in [2.05, 4.69) is 74.7 Å². The van der Waals surface area contributed by atoms with Crippen molar-refractivity contribution in [1.82, 2.24) is 5.43 Å².